The van der Waals surface area contributed by atoms with E-state index in [9.17, 15) is 5.11 Å². The first-order valence-electron chi connectivity index (χ1n) is 9.58. The average molecular weight is 427 g/mol. The third-order valence-corrected chi connectivity index (χ3v) is 6.53. The highest BCUT2D eigenvalue weighted by molar-refractivity contribution is 7.99. The Hall–Kier alpha value is -2.29. The van der Waals surface area contributed by atoms with Crippen LogP contribution in [0.2, 0.25) is 0 Å². The molecule has 5 rings (SSSR count). The number of aliphatic hydroxyl groups excluding tert-OH is 1. The zero-order valence-corrected chi connectivity index (χ0v) is 17.4. The van der Waals surface area contributed by atoms with Crippen LogP contribution in [0.15, 0.2) is 40.3 Å². The number of allylic oxidation sites excluding steroid dienone is 1. The molecule has 2 aliphatic rings. The van der Waals surface area contributed by atoms with Gasteiger partial charge in [-0.15, -0.1) is 0 Å². The summed E-state index contributed by atoms with van der Waals surface area (Å²) in [7, 11) is 0. The van der Waals surface area contributed by atoms with Gasteiger partial charge >= 0.3 is 0 Å². The van der Waals surface area contributed by atoms with Crippen LogP contribution in [0.25, 0.3) is 16.2 Å². The third kappa shape index (κ3) is 3.45. The highest BCUT2D eigenvalue weighted by atomic mass is 35.5. The van der Waals surface area contributed by atoms with Crippen molar-refractivity contribution in [1.82, 2.24) is 24.9 Å². The van der Waals surface area contributed by atoms with E-state index >= 15 is 0 Å². The number of hydrogen-bond donors (Lipinski definition) is 1. The second-order valence-corrected chi connectivity index (χ2v) is 8.58. The Labute approximate surface area is 177 Å². The van der Waals surface area contributed by atoms with Gasteiger partial charge in [0.05, 0.1) is 22.4 Å². The second kappa shape index (κ2) is 7.51. The third-order valence-electron chi connectivity index (χ3n) is 5.25. The molecular formula is C20H19ClN6OS. The Morgan fingerprint density at radius 2 is 2.10 bits per heavy atom. The van der Waals surface area contributed by atoms with Gasteiger partial charge in [0.2, 0.25) is 0 Å². The van der Waals surface area contributed by atoms with Crippen LogP contribution in [0, 0.1) is 0 Å². The van der Waals surface area contributed by atoms with E-state index < -0.39 is 0 Å². The lowest BCUT2D eigenvalue weighted by Crippen LogP contribution is -2.24. The molecule has 1 atom stereocenters. The van der Waals surface area contributed by atoms with Crippen molar-refractivity contribution in [1.29, 1.82) is 0 Å². The number of halogens is 1. The van der Waals surface area contributed by atoms with E-state index in [0.717, 1.165) is 58.3 Å². The molecule has 3 aromatic rings. The van der Waals surface area contributed by atoms with Gasteiger partial charge in [0.1, 0.15) is 11.3 Å². The van der Waals surface area contributed by atoms with E-state index in [1.54, 1.807) is 18.6 Å². The summed E-state index contributed by atoms with van der Waals surface area (Å²) >= 11 is 8.13. The number of hydrogen-bond acceptors (Lipinski definition) is 8. The standard InChI is InChI=1S/C20H19ClN6OS/c1-2-11-7-14-16(17(11)21)19(27-6-3-12(28)10-27)26-20(25-14)29-13-8-15-18(24-9-13)23-5-4-22-15/h4-5,8-9,12,28H,2-3,6-7,10H2,1H3/t12-/m1/s1. The Bertz CT molecular complexity index is 1140. The molecule has 7 nitrogen and oxygen atoms in total. The second-order valence-electron chi connectivity index (χ2n) is 7.16. The first kappa shape index (κ1) is 18.7. The predicted octanol–water partition coefficient (Wildman–Crippen LogP) is 3.45. The average Bonchev–Trinajstić information content (AvgIpc) is 3.30. The lowest BCUT2D eigenvalue weighted by atomic mass is 10.2. The predicted molar refractivity (Wildman–Crippen MR) is 113 cm³/mol. The Morgan fingerprint density at radius 1 is 1.24 bits per heavy atom. The van der Waals surface area contributed by atoms with Crippen LogP contribution in [0.4, 0.5) is 5.82 Å². The minimum Gasteiger partial charge on any atom is -0.391 e. The van der Waals surface area contributed by atoms with Gasteiger partial charge in [-0.3, -0.25) is 4.98 Å². The molecule has 0 unspecified atom stereocenters. The largest absolute Gasteiger partial charge is 0.391 e. The van der Waals surface area contributed by atoms with Crippen LogP contribution in [-0.4, -0.2) is 49.2 Å². The molecule has 0 saturated carbocycles. The van der Waals surface area contributed by atoms with Gasteiger partial charge in [-0.25, -0.2) is 19.9 Å². The van der Waals surface area contributed by atoms with E-state index in [2.05, 4.69) is 26.8 Å². The normalized spacial score (nSPS) is 18.7. The first-order chi connectivity index (χ1) is 14.1. The maximum atomic E-state index is 10.0. The fraction of sp³-hybridized carbons (Fsp3) is 0.350. The smallest absolute Gasteiger partial charge is 0.194 e. The number of fused-ring (bicyclic) bond motifs is 2. The molecule has 0 spiro atoms. The molecule has 0 radical (unpaired) electrons. The lowest BCUT2D eigenvalue weighted by molar-refractivity contribution is 0.198. The molecule has 4 heterocycles. The first-order valence-corrected chi connectivity index (χ1v) is 10.8. The fourth-order valence-electron chi connectivity index (χ4n) is 3.77. The molecule has 9 heteroatoms. The SMILES string of the molecule is CCC1=C(Cl)c2c(nc(Sc3cnc4nccnc4c3)nc2N2CC[C@@H](O)C2)C1. The van der Waals surface area contributed by atoms with Crippen molar-refractivity contribution in [3.63, 3.8) is 0 Å². The lowest BCUT2D eigenvalue weighted by Gasteiger charge is -2.20. The fourth-order valence-corrected chi connectivity index (χ4v) is 4.94. The van der Waals surface area contributed by atoms with Crippen molar-refractivity contribution < 1.29 is 5.11 Å². The zero-order valence-electron chi connectivity index (χ0n) is 15.8. The quantitative estimate of drug-likeness (QED) is 0.634. The van der Waals surface area contributed by atoms with Gasteiger partial charge in [-0.1, -0.05) is 18.5 Å². The van der Waals surface area contributed by atoms with E-state index in [1.165, 1.54) is 17.3 Å². The van der Waals surface area contributed by atoms with Gasteiger partial charge in [0, 0.05) is 43.0 Å². The summed E-state index contributed by atoms with van der Waals surface area (Å²) in [5, 5.41) is 11.4. The van der Waals surface area contributed by atoms with Crippen LogP contribution in [0.5, 0.6) is 0 Å². The van der Waals surface area contributed by atoms with Gasteiger partial charge < -0.3 is 10.0 Å². The number of rotatable bonds is 4. The van der Waals surface area contributed by atoms with E-state index in [0.29, 0.717) is 17.3 Å². The zero-order chi connectivity index (χ0) is 20.0. The van der Waals surface area contributed by atoms with Gasteiger partial charge in [0.15, 0.2) is 10.8 Å². The van der Waals surface area contributed by atoms with E-state index in [-0.39, 0.29) is 6.10 Å². The summed E-state index contributed by atoms with van der Waals surface area (Å²) in [5.41, 5.74) is 4.40. The molecule has 0 amide bonds. The molecule has 0 bridgehead atoms. The number of aromatic nitrogens is 5. The van der Waals surface area contributed by atoms with Crippen molar-refractivity contribution in [2.24, 2.45) is 0 Å². The summed E-state index contributed by atoms with van der Waals surface area (Å²) in [4.78, 5) is 25.6. The monoisotopic (exact) mass is 426 g/mol. The van der Waals surface area contributed by atoms with Crippen LogP contribution < -0.4 is 4.90 Å². The minimum absolute atomic E-state index is 0.338. The highest BCUT2D eigenvalue weighted by Gasteiger charge is 2.31. The van der Waals surface area contributed by atoms with Crippen molar-refractivity contribution in [2.45, 2.75) is 42.3 Å². The van der Waals surface area contributed by atoms with Gasteiger partial charge in [-0.2, -0.15) is 0 Å². The topological polar surface area (TPSA) is 87.9 Å². The van der Waals surface area contributed by atoms with Gasteiger partial charge in [0.25, 0.3) is 0 Å². The maximum Gasteiger partial charge on any atom is 0.194 e. The molecule has 1 N–H and O–H groups in total. The van der Waals surface area contributed by atoms with Crippen LogP contribution in [-0.2, 0) is 6.42 Å². The van der Waals surface area contributed by atoms with Crippen molar-refractivity contribution in [2.75, 3.05) is 18.0 Å². The van der Waals surface area contributed by atoms with E-state index in [4.69, 9.17) is 21.6 Å². The Morgan fingerprint density at radius 3 is 2.90 bits per heavy atom. The molecule has 1 saturated heterocycles. The molecule has 0 aromatic carbocycles. The van der Waals surface area contributed by atoms with Crippen molar-refractivity contribution in [3.8, 4) is 0 Å². The number of nitrogens with zero attached hydrogens (tertiary/aromatic N) is 6. The summed E-state index contributed by atoms with van der Waals surface area (Å²) in [6, 6.07) is 1.94. The van der Waals surface area contributed by atoms with Gasteiger partial charge in [-0.05, 0) is 36.2 Å². The van der Waals surface area contributed by atoms with E-state index in [1.807, 2.05) is 6.07 Å². The molecular weight excluding hydrogens is 408 g/mol. The highest BCUT2D eigenvalue weighted by Crippen LogP contribution is 2.43. The molecule has 3 aromatic heterocycles. The Balaban J connectivity index is 1.54. The van der Waals surface area contributed by atoms with Crippen molar-refractivity contribution >= 4 is 45.4 Å². The minimum atomic E-state index is -0.338. The number of anilines is 1. The Kier molecular flexibility index (Phi) is 4.85. The molecule has 148 valence electrons. The van der Waals surface area contributed by atoms with Crippen LogP contribution in [0.3, 0.4) is 0 Å². The number of pyridine rings is 1. The van der Waals surface area contributed by atoms with Crippen LogP contribution >= 0.6 is 23.4 Å². The van der Waals surface area contributed by atoms with Crippen LogP contribution in [0.1, 0.15) is 31.0 Å². The van der Waals surface area contributed by atoms with Crippen molar-refractivity contribution in [3.05, 3.63) is 41.5 Å². The summed E-state index contributed by atoms with van der Waals surface area (Å²) in [6.45, 7) is 3.42. The summed E-state index contributed by atoms with van der Waals surface area (Å²) in [6.07, 6.45) is 7.07. The molecule has 1 aliphatic heterocycles. The number of aliphatic hydroxyl groups is 1. The molecule has 1 fully saturated rings. The maximum absolute atomic E-state index is 10.0. The molecule has 1 aliphatic carbocycles. The summed E-state index contributed by atoms with van der Waals surface area (Å²) < 4.78 is 0. The number of β-amino-alcohol motifs (C(OH)–C–C–N with tert-alkyl or cyclic N) is 1. The summed E-state index contributed by atoms with van der Waals surface area (Å²) in [5.74, 6) is 0.816. The molecule has 29 heavy (non-hydrogen) atoms.